The molecule has 0 atom stereocenters. The topological polar surface area (TPSA) is 26.3 Å². The Morgan fingerprint density at radius 3 is 1.88 bits per heavy atom. The van der Waals surface area contributed by atoms with Gasteiger partial charge < -0.3 is 4.74 Å². The number of alkyl halides is 9. The van der Waals surface area contributed by atoms with Crippen molar-refractivity contribution in [3.8, 4) is 5.75 Å². The van der Waals surface area contributed by atoms with Crippen LogP contribution in [-0.4, -0.2) is 25.2 Å². The molecule has 2 nitrogen and oxygen atoms in total. The van der Waals surface area contributed by atoms with Gasteiger partial charge in [-0.25, -0.2) is 0 Å². The fraction of sp³-hybridized carbons (Fsp3) is 0.462. The van der Waals surface area contributed by atoms with Crippen molar-refractivity contribution in [1.29, 1.82) is 0 Å². The zero-order valence-electron chi connectivity index (χ0n) is 11.5. The third kappa shape index (κ3) is 5.60. The molecule has 11 heteroatoms. The zero-order chi connectivity index (χ0) is 18.8. The second-order valence-electron chi connectivity index (χ2n) is 4.68. The van der Waals surface area contributed by atoms with Crippen LogP contribution in [0.5, 0.6) is 5.75 Å². The van der Waals surface area contributed by atoms with Gasteiger partial charge in [-0.2, -0.15) is 39.5 Å². The summed E-state index contributed by atoms with van der Waals surface area (Å²) in [6.45, 7) is -1.14. The van der Waals surface area contributed by atoms with E-state index >= 15 is 0 Å². The second-order valence-corrected chi connectivity index (χ2v) is 4.68. The van der Waals surface area contributed by atoms with E-state index in [-0.39, 0.29) is 6.29 Å². The minimum Gasteiger partial charge on any atom is -0.494 e. The Bertz CT molecular complexity index is 558. The molecule has 0 aliphatic rings. The van der Waals surface area contributed by atoms with Crippen molar-refractivity contribution in [3.63, 3.8) is 0 Å². The van der Waals surface area contributed by atoms with E-state index in [1.807, 2.05) is 0 Å². The summed E-state index contributed by atoms with van der Waals surface area (Å²) in [5, 5.41) is 0. The van der Waals surface area contributed by atoms with Crippen molar-refractivity contribution in [2.75, 3.05) is 6.61 Å². The summed E-state index contributed by atoms with van der Waals surface area (Å²) in [4.78, 5) is 10.6. The van der Waals surface area contributed by atoms with Crippen LogP contribution in [-0.2, 0) is 6.18 Å². The number of aldehydes is 1. The molecular weight excluding hydrogens is 359 g/mol. The molecule has 24 heavy (non-hydrogen) atoms. The van der Waals surface area contributed by atoms with Gasteiger partial charge in [0, 0.05) is 12.0 Å². The quantitative estimate of drug-likeness (QED) is 0.539. The number of halogens is 9. The second kappa shape index (κ2) is 6.89. The SMILES string of the molecule is O=Cc1cc(OCCC(C(F)(F)F)C(F)(F)F)cc(C(F)(F)F)c1. The molecule has 0 bridgehead atoms. The zero-order valence-corrected chi connectivity index (χ0v) is 11.5. The van der Waals surface area contributed by atoms with Gasteiger partial charge >= 0.3 is 18.5 Å². The molecule has 0 N–H and O–H groups in total. The highest BCUT2D eigenvalue weighted by atomic mass is 19.4. The number of carbonyl (C=O) groups excluding carboxylic acids is 1. The molecule has 0 spiro atoms. The van der Waals surface area contributed by atoms with E-state index < -0.39 is 54.4 Å². The van der Waals surface area contributed by atoms with Crippen molar-refractivity contribution >= 4 is 6.29 Å². The van der Waals surface area contributed by atoms with Gasteiger partial charge in [-0.3, -0.25) is 4.79 Å². The van der Waals surface area contributed by atoms with Gasteiger partial charge in [-0.05, 0) is 18.2 Å². The largest absolute Gasteiger partial charge is 0.494 e. The first-order valence-electron chi connectivity index (χ1n) is 6.19. The Labute approximate surface area is 129 Å². The van der Waals surface area contributed by atoms with Crippen LogP contribution >= 0.6 is 0 Å². The van der Waals surface area contributed by atoms with Gasteiger partial charge in [0.1, 0.15) is 12.0 Å². The van der Waals surface area contributed by atoms with Crippen LogP contribution in [0.3, 0.4) is 0 Å². The lowest BCUT2D eigenvalue weighted by atomic mass is 10.1. The molecule has 0 fully saturated rings. The lowest BCUT2D eigenvalue weighted by molar-refractivity contribution is -0.286. The first-order chi connectivity index (χ1) is 10.7. The smallest absolute Gasteiger partial charge is 0.416 e. The fourth-order valence-corrected chi connectivity index (χ4v) is 1.74. The summed E-state index contributed by atoms with van der Waals surface area (Å²) in [7, 11) is 0. The maximum atomic E-state index is 12.6. The van der Waals surface area contributed by atoms with Crippen molar-refractivity contribution in [3.05, 3.63) is 29.3 Å². The standard InChI is InChI=1S/C13H9F9O2/c14-11(15,16)8-3-7(6-23)4-9(5-8)24-2-1-10(12(17,18)19)13(20,21)22/h3-6,10H,1-2H2. The van der Waals surface area contributed by atoms with Crippen molar-refractivity contribution in [2.24, 2.45) is 5.92 Å². The molecule has 0 saturated carbocycles. The van der Waals surface area contributed by atoms with E-state index in [1.54, 1.807) is 0 Å². The Morgan fingerprint density at radius 2 is 1.46 bits per heavy atom. The molecule has 1 aromatic rings. The molecule has 0 aliphatic heterocycles. The summed E-state index contributed by atoms with van der Waals surface area (Å²) in [5.41, 5.74) is -1.80. The molecule has 1 aromatic carbocycles. The van der Waals surface area contributed by atoms with Crippen molar-refractivity contribution in [1.82, 2.24) is 0 Å². The van der Waals surface area contributed by atoms with Crippen LogP contribution in [0.1, 0.15) is 22.3 Å². The minimum atomic E-state index is -5.57. The Kier molecular flexibility index (Phi) is 5.78. The summed E-state index contributed by atoms with van der Waals surface area (Å²) in [6, 6.07) is 1.62. The third-order valence-corrected chi connectivity index (χ3v) is 2.86. The van der Waals surface area contributed by atoms with Gasteiger partial charge in [-0.1, -0.05) is 0 Å². The third-order valence-electron chi connectivity index (χ3n) is 2.86. The minimum absolute atomic E-state index is 0.0380. The molecule has 0 heterocycles. The van der Waals surface area contributed by atoms with Crippen LogP contribution in [0.4, 0.5) is 39.5 Å². The van der Waals surface area contributed by atoms with Crippen LogP contribution in [0.15, 0.2) is 18.2 Å². The number of benzene rings is 1. The normalized spacial score (nSPS) is 13.2. The number of hydrogen-bond acceptors (Lipinski definition) is 2. The van der Waals surface area contributed by atoms with E-state index in [4.69, 9.17) is 0 Å². The number of rotatable bonds is 5. The maximum Gasteiger partial charge on any atom is 0.416 e. The van der Waals surface area contributed by atoms with Crippen LogP contribution in [0.2, 0.25) is 0 Å². The average Bonchev–Trinajstić information content (AvgIpc) is 2.39. The molecule has 0 unspecified atom stereocenters. The average molecular weight is 368 g/mol. The molecular formula is C13H9F9O2. The predicted molar refractivity (Wildman–Crippen MR) is 62.5 cm³/mol. The number of ether oxygens (including phenoxy) is 1. The molecule has 0 aliphatic carbocycles. The van der Waals surface area contributed by atoms with Crippen molar-refractivity contribution in [2.45, 2.75) is 24.9 Å². The predicted octanol–water partition coefficient (Wildman–Crippen LogP) is 5.03. The summed E-state index contributed by atoms with van der Waals surface area (Å²) in [6.07, 6.45) is -17.5. The maximum absolute atomic E-state index is 12.6. The Hall–Kier alpha value is -1.94. The van der Waals surface area contributed by atoms with Crippen LogP contribution < -0.4 is 4.74 Å². The van der Waals surface area contributed by atoms with Gasteiger partial charge in [0.2, 0.25) is 0 Å². The monoisotopic (exact) mass is 368 g/mol. The lowest BCUT2D eigenvalue weighted by Gasteiger charge is -2.22. The Balaban J connectivity index is 2.89. The van der Waals surface area contributed by atoms with Crippen LogP contribution in [0.25, 0.3) is 0 Å². The molecule has 1 rings (SSSR count). The highest BCUT2D eigenvalue weighted by Crippen LogP contribution is 2.41. The first kappa shape index (κ1) is 20.1. The molecule has 0 radical (unpaired) electrons. The number of carbonyl (C=O) groups is 1. The first-order valence-corrected chi connectivity index (χ1v) is 6.19. The Morgan fingerprint density at radius 1 is 0.917 bits per heavy atom. The van der Waals surface area contributed by atoms with E-state index in [1.165, 1.54) is 0 Å². The van der Waals surface area contributed by atoms with Gasteiger partial charge in [-0.15, -0.1) is 0 Å². The van der Waals surface area contributed by atoms with E-state index in [9.17, 15) is 44.3 Å². The molecule has 0 saturated heterocycles. The van der Waals surface area contributed by atoms with Crippen molar-refractivity contribution < 1.29 is 49.0 Å². The number of hydrogen-bond donors (Lipinski definition) is 0. The van der Waals surface area contributed by atoms with Gasteiger partial charge in [0.15, 0.2) is 5.92 Å². The van der Waals surface area contributed by atoms with E-state index in [2.05, 4.69) is 4.74 Å². The highest BCUT2D eigenvalue weighted by Gasteiger charge is 2.56. The summed E-state index contributed by atoms with van der Waals surface area (Å²) in [5.74, 6) is -4.32. The van der Waals surface area contributed by atoms with E-state index in [0.717, 1.165) is 6.07 Å². The lowest BCUT2D eigenvalue weighted by Crippen LogP contribution is -2.37. The van der Waals surface area contributed by atoms with E-state index in [0.29, 0.717) is 12.1 Å². The van der Waals surface area contributed by atoms with Gasteiger partial charge in [0.05, 0.1) is 12.2 Å². The summed E-state index contributed by atoms with van der Waals surface area (Å²) >= 11 is 0. The highest BCUT2D eigenvalue weighted by molar-refractivity contribution is 5.76. The van der Waals surface area contributed by atoms with Crippen LogP contribution in [0, 0.1) is 5.92 Å². The molecule has 0 amide bonds. The fourth-order valence-electron chi connectivity index (χ4n) is 1.74. The van der Waals surface area contributed by atoms with Gasteiger partial charge in [0.25, 0.3) is 0 Å². The molecule has 136 valence electrons. The molecule has 0 aromatic heterocycles. The summed E-state index contributed by atoms with van der Waals surface area (Å²) < 4.78 is 116.